The summed E-state index contributed by atoms with van der Waals surface area (Å²) < 4.78 is 0.527. The van der Waals surface area contributed by atoms with E-state index in [9.17, 15) is 10.2 Å². The van der Waals surface area contributed by atoms with Crippen LogP contribution in [0.1, 0.15) is 89.9 Å². The Morgan fingerprint density at radius 1 is 0.865 bits per heavy atom. The van der Waals surface area contributed by atoms with Gasteiger partial charge in [-0.15, -0.1) is 0 Å². The summed E-state index contributed by atoms with van der Waals surface area (Å²) in [4.78, 5) is 2.68. The maximum absolute atomic E-state index is 15.1. The summed E-state index contributed by atoms with van der Waals surface area (Å²) in [6.45, 7) is 3.87. The van der Waals surface area contributed by atoms with E-state index in [-0.39, 0.29) is 11.5 Å². The largest absolute Gasteiger partial charge is 0.806 e. The van der Waals surface area contributed by atoms with E-state index in [1.807, 2.05) is 12.2 Å². The van der Waals surface area contributed by atoms with Crippen molar-refractivity contribution in [1.82, 2.24) is 4.90 Å². The molecule has 1 saturated carbocycles. The van der Waals surface area contributed by atoms with Crippen LogP contribution < -0.4 is 5.11 Å². The average Bonchev–Trinajstić information content (AvgIpc) is 3.19. The van der Waals surface area contributed by atoms with Crippen LogP contribution in [-0.4, -0.2) is 75.8 Å². The highest BCUT2D eigenvalue weighted by molar-refractivity contribution is 5.28. The maximum Gasteiger partial charge on any atom is 0.147 e. The first-order valence-corrected chi connectivity index (χ1v) is 15.7. The summed E-state index contributed by atoms with van der Waals surface area (Å²) in [5.41, 5.74) is -0.822. The van der Waals surface area contributed by atoms with Gasteiger partial charge in [0, 0.05) is 23.5 Å². The molecule has 5 saturated heterocycles. The molecular weight excluding hydrogens is 460 g/mol. The van der Waals surface area contributed by atoms with Crippen LogP contribution in [-0.2, 0) is 0 Å². The van der Waals surface area contributed by atoms with Gasteiger partial charge in [-0.1, -0.05) is 81.4 Å². The first-order valence-electron chi connectivity index (χ1n) is 15.7. The summed E-state index contributed by atoms with van der Waals surface area (Å²) in [6, 6.07) is 0.0952. The van der Waals surface area contributed by atoms with Crippen LogP contribution in [0.2, 0.25) is 0 Å². The first kappa shape index (κ1) is 26.3. The second kappa shape index (κ2) is 10.5. The Morgan fingerprint density at radius 2 is 1.65 bits per heavy atom. The number of piperidine rings is 2. The Labute approximate surface area is 224 Å². The minimum Gasteiger partial charge on any atom is -0.806 e. The zero-order valence-electron chi connectivity index (χ0n) is 22.9. The third-order valence-electron chi connectivity index (χ3n) is 11.7. The molecule has 8 unspecified atom stereocenters. The van der Waals surface area contributed by atoms with E-state index in [4.69, 9.17) is 0 Å². The van der Waals surface area contributed by atoms with E-state index in [0.717, 1.165) is 71.1 Å². The molecule has 6 aliphatic heterocycles. The molecule has 6 fully saturated rings. The molecule has 9 atom stereocenters. The predicted octanol–water partition coefficient (Wildman–Crippen LogP) is 4.05. The highest BCUT2D eigenvalue weighted by atomic mass is 16.3. The van der Waals surface area contributed by atoms with Gasteiger partial charge in [0.15, 0.2) is 0 Å². The molecule has 5 heteroatoms. The third kappa shape index (κ3) is 3.89. The zero-order chi connectivity index (χ0) is 25.5. The number of hydrogen-bond donors (Lipinski definition) is 2. The third-order valence-corrected chi connectivity index (χ3v) is 11.7. The van der Waals surface area contributed by atoms with Gasteiger partial charge in [0.2, 0.25) is 0 Å². The lowest BCUT2D eigenvalue weighted by atomic mass is 9.52. The fourth-order valence-electron chi connectivity index (χ4n) is 10.7. The van der Waals surface area contributed by atoms with Crippen molar-refractivity contribution >= 4 is 0 Å². The van der Waals surface area contributed by atoms with E-state index in [1.54, 1.807) is 6.08 Å². The summed E-state index contributed by atoms with van der Waals surface area (Å²) in [6.07, 6.45) is 25.8. The molecule has 0 aromatic heterocycles. The lowest BCUT2D eigenvalue weighted by Gasteiger charge is -2.59. The first-order chi connectivity index (χ1) is 18.1. The van der Waals surface area contributed by atoms with Crippen LogP contribution in [0, 0.1) is 17.3 Å². The molecule has 0 radical (unpaired) electrons. The SMILES string of the molecule is [O-][C@H]1C23CCCCCCCCCCN4CCC5C(C2)C[N+]12CCC/C=C\C/C=C\C=C\C(O)C(O)C52C43. The van der Waals surface area contributed by atoms with Crippen LogP contribution in [0.4, 0.5) is 0 Å². The molecule has 0 amide bonds. The van der Waals surface area contributed by atoms with Gasteiger partial charge in [0.25, 0.3) is 0 Å². The maximum atomic E-state index is 15.1. The number of allylic oxidation sites excluding steroid dienone is 5. The Balaban J connectivity index is 1.48. The standard InChI is InChI=1S/C32H50N2O3/c35-27-17-13-9-5-1-4-8-12-16-22-34-24-25-23-31(30(34)37)19-14-10-6-2-3-7-11-15-20-33-21-18-26(25)32(34,28(27)36)29(31)33/h4-5,8-9,13,17,25-30,35-36H,1-3,6-7,10-12,14-16,18-24H2/b8-4-,9-5-,17-13+/t25?,26?,27?,28?,29?,30-,31?,32?,34?/m0/s1. The number of hydrogen-bond acceptors (Lipinski definition) is 4. The van der Waals surface area contributed by atoms with E-state index >= 15 is 5.11 Å². The van der Waals surface area contributed by atoms with Crippen molar-refractivity contribution in [2.75, 3.05) is 26.2 Å². The highest BCUT2D eigenvalue weighted by Crippen LogP contribution is 2.73. The molecule has 2 N–H and O–H groups in total. The molecule has 206 valence electrons. The quantitative estimate of drug-likeness (QED) is 0.381. The Bertz CT molecular complexity index is 902. The van der Waals surface area contributed by atoms with E-state index in [0.29, 0.717) is 16.3 Å². The Hall–Kier alpha value is -0.980. The minimum atomic E-state index is -0.937. The topological polar surface area (TPSA) is 66.8 Å². The van der Waals surface area contributed by atoms with Gasteiger partial charge in [0.1, 0.15) is 17.7 Å². The van der Waals surface area contributed by atoms with Crippen molar-refractivity contribution in [3.8, 4) is 0 Å². The van der Waals surface area contributed by atoms with E-state index in [1.165, 1.54) is 44.9 Å². The van der Waals surface area contributed by atoms with Gasteiger partial charge in [-0.25, -0.2) is 0 Å². The molecule has 6 heterocycles. The number of rotatable bonds is 0. The van der Waals surface area contributed by atoms with Gasteiger partial charge in [-0.2, -0.15) is 0 Å². The van der Waals surface area contributed by atoms with Crippen LogP contribution in [0.5, 0.6) is 0 Å². The van der Waals surface area contributed by atoms with Gasteiger partial charge in [0.05, 0.1) is 19.1 Å². The zero-order valence-corrected chi connectivity index (χ0v) is 22.9. The fraction of sp³-hybridized carbons (Fsp3) is 0.812. The molecule has 1 aliphatic carbocycles. The van der Waals surface area contributed by atoms with Crippen LogP contribution >= 0.6 is 0 Å². The van der Waals surface area contributed by atoms with Crippen molar-refractivity contribution in [3.05, 3.63) is 36.5 Å². The van der Waals surface area contributed by atoms with Gasteiger partial charge < -0.3 is 19.8 Å². The van der Waals surface area contributed by atoms with Gasteiger partial charge >= 0.3 is 0 Å². The Kier molecular flexibility index (Phi) is 7.48. The number of aliphatic hydroxyl groups is 2. The Morgan fingerprint density at radius 3 is 2.49 bits per heavy atom. The smallest absolute Gasteiger partial charge is 0.147 e. The lowest BCUT2D eigenvalue weighted by molar-refractivity contribution is -1.04. The van der Waals surface area contributed by atoms with Gasteiger partial charge in [-0.05, 0) is 58.0 Å². The molecule has 0 aromatic rings. The van der Waals surface area contributed by atoms with Crippen LogP contribution in [0.15, 0.2) is 36.5 Å². The monoisotopic (exact) mass is 510 g/mol. The molecule has 6 bridgehead atoms. The second-order valence-corrected chi connectivity index (χ2v) is 13.4. The molecule has 7 aliphatic rings. The molecule has 3 spiro atoms. The molecule has 37 heavy (non-hydrogen) atoms. The van der Waals surface area contributed by atoms with Crippen molar-refractivity contribution in [2.24, 2.45) is 17.3 Å². The van der Waals surface area contributed by atoms with E-state index in [2.05, 4.69) is 23.1 Å². The summed E-state index contributed by atoms with van der Waals surface area (Å²) in [5, 5.41) is 39.0. The van der Waals surface area contributed by atoms with Crippen molar-refractivity contribution in [1.29, 1.82) is 0 Å². The summed E-state index contributed by atoms with van der Waals surface area (Å²) in [5.74, 6) is 0.852. The molecule has 0 aromatic carbocycles. The van der Waals surface area contributed by atoms with Crippen LogP contribution in [0.3, 0.4) is 0 Å². The van der Waals surface area contributed by atoms with Gasteiger partial charge in [-0.3, -0.25) is 4.90 Å². The average molecular weight is 511 g/mol. The van der Waals surface area contributed by atoms with Crippen LogP contribution in [0.25, 0.3) is 0 Å². The number of quaternary nitrogens is 1. The highest BCUT2D eigenvalue weighted by Gasteiger charge is 2.86. The molecule has 5 nitrogen and oxygen atoms in total. The molecule has 7 rings (SSSR count). The van der Waals surface area contributed by atoms with Crippen molar-refractivity contribution in [3.63, 3.8) is 0 Å². The lowest BCUT2D eigenvalue weighted by Crippen LogP contribution is -2.77. The van der Waals surface area contributed by atoms with Crippen molar-refractivity contribution < 1.29 is 19.8 Å². The fourth-order valence-corrected chi connectivity index (χ4v) is 10.7. The predicted molar refractivity (Wildman–Crippen MR) is 145 cm³/mol. The second-order valence-electron chi connectivity index (χ2n) is 13.4. The van der Waals surface area contributed by atoms with Crippen molar-refractivity contribution in [2.45, 2.75) is 120 Å². The number of aliphatic hydroxyl groups excluding tert-OH is 2. The summed E-state index contributed by atoms with van der Waals surface area (Å²) in [7, 11) is 0. The van der Waals surface area contributed by atoms with E-state index < -0.39 is 24.0 Å². The minimum absolute atomic E-state index is 0.0952. The molecular formula is C32H50N2O3. The number of nitrogens with zero attached hydrogens (tertiary/aromatic N) is 2. The summed E-state index contributed by atoms with van der Waals surface area (Å²) >= 11 is 0. The normalized spacial score (nSPS) is 51.6.